The second-order valence-electron chi connectivity index (χ2n) is 6.84. The number of ketones is 1. The largest absolute Gasteiger partial charge is 0.354 e. The fourth-order valence-corrected chi connectivity index (χ4v) is 4.17. The third kappa shape index (κ3) is 4.80. The summed E-state index contributed by atoms with van der Waals surface area (Å²) in [4.78, 5) is 28.4. The highest BCUT2D eigenvalue weighted by Gasteiger charge is 2.29. The van der Waals surface area contributed by atoms with Crippen molar-refractivity contribution in [3.63, 3.8) is 0 Å². The van der Waals surface area contributed by atoms with Crippen molar-refractivity contribution >= 4 is 23.0 Å². The molecule has 0 spiro atoms. The predicted octanol–water partition coefficient (Wildman–Crippen LogP) is 3.39. The highest BCUT2D eigenvalue weighted by atomic mass is 32.1. The van der Waals surface area contributed by atoms with Gasteiger partial charge >= 0.3 is 0 Å². The van der Waals surface area contributed by atoms with Crippen LogP contribution in [0.4, 0.5) is 0 Å². The zero-order valence-corrected chi connectivity index (χ0v) is 16.0. The second kappa shape index (κ2) is 9.10. The topological polar surface area (TPSA) is 49.4 Å². The molecular formula is C21H26N2O2S. The molecule has 1 aliphatic heterocycles. The van der Waals surface area contributed by atoms with E-state index in [1.54, 1.807) is 11.3 Å². The van der Waals surface area contributed by atoms with E-state index in [0.29, 0.717) is 6.54 Å². The van der Waals surface area contributed by atoms with Crippen LogP contribution in [-0.2, 0) is 11.2 Å². The number of nitrogens with one attached hydrogen (secondary N) is 1. The maximum Gasteiger partial charge on any atom is 0.237 e. The van der Waals surface area contributed by atoms with Gasteiger partial charge in [-0.3, -0.25) is 14.5 Å². The number of hydrogen-bond acceptors (Lipinski definition) is 4. The van der Waals surface area contributed by atoms with Gasteiger partial charge < -0.3 is 5.32 Å². The molecule has 1 aromatic carbocycles. The Hall–Kier alpha value is -1.98. The molecule has 1 fully saturated rings. The number of amides is 1. The fraction of sp³-hybridized carbons (Fsp3) is 0.429. The van der Waals surface area contributed by atoms with E-state index in [-0.39, 0.29) is 23.7 Å². The van der Waals surface area contributed by atoms with Gasteiger partial charge in [0, 0.05) is 22.9 Å². The average Bonchev–Trinajstić information content (AvgIpc) is 3.21. The second-order valence-corrected chi connectivity index (χ2v) is 7.87. The minimum absolute atomic E-state index is 0.0720. The summed E-state index contributed by atoms with van der Waals surface area (Å²) in [5.41, 5.74) is 0.797. The molecule has 1 aromatic heterocycles. The Kier molecular flexibility index (Phi) is 6.58. The van der Waals surface area contributed by atoms with Crippen molar-refractivity contribution in [3.8, 4) is 0 Å². The monoisotopic (exact) mass is 370 g/mol. The number of piperidine rings is 1. The first-order chi connectivity index (χ1) is 12.6. The number of hydrogen-bond donors (Lipinski definition) is 1. The van der Waals surface area contributed by atoms with Gasteiger partial charge in [-0.25, -0.2) is 0 Å². The number of thiophene rings is 1. The standard InChI is InChI=1S/C21H26N2O2S/c1-16(21(25)22-12-9-19-8-5-15-26-19)23-13-10-18(11-14-23)20(24)17-6-3-2-4-7-17/h2-8,15-16,18H,9-14H2,1H3,(H,22,25). The van der Waals surface area contributed by atoms with Crippen LogP contribution in [0.2, 0.25) is 0 Å². The number of carbonyl (C=O) groups is 2. The lowest BCUT2D eigenvalue weighted by Crippen LogP contribution is -2.49. The molecule has 2 heterocycles. The van der Waals surface area contributed by atoms with Crippen LogP contribution in [0.1, 0.15) is 35.0 Å². The molecule has 0 aliphatic carbocycles. The van der Waals surface area contributed by atoms with Crippen LogP contribution in [0.5, 0.6) is 0 Å². The lowest BCUT2D eigenvalue weighted by Gasteiger charge is -2.34. The number of carbonyl (C=O) groups excluding carboxylic acids is 2. The Morgan fingerprint density at radius 1 is 1.15 bits per heavy atom. The molecule has 1 saturated heterocycles. The molecule has 2 aromatic rings. The van der Waals surface area contributed by atoms with Crippen LogP contribution < -0.4 is 5.32 Å². The van der Waals surface area contributed by atoms with Gasteiger partial charge in [0.15, 0.2) is 5.78 Å². The quantitative estimate of drug-likeness (QED) is 0.760. The molecule has 0 saturated carbocycles. The van der Waals surface area contributed by atoms with Crippen molar-refractivity contribution in [2.45, 2.75) is 32.2 Å². The minimum Gasteiger partial charge on any atom is -0.354 e. The lowest BCUT2D eigenvalue weighted by molar-refractivity contribution is -0.126. The molecule has 1 atom stereocenters. The van der Waals surface area contributed by atoms with E-state index < -0.39 is 0 Å². The van der Waals surface area contributed by atoms with Gasteiger partial charge in [-0.1, -0.05) is 36.4 Å². The van der Waals surface area contributed by atoms with Crippen LogP contribution in [0.15, 0.2) is 47.8 Å². The van der Waals surface area contributed by atoms with Crippen molar-refractivity contribution < 1.29 is 9.59 Å². The van der Waals surface area contributed by atoms with Crippen molar-refractivity contribution in [1.29, 1.82) is 0 Å². The molecule has 0 bridgehead atoms. The third-order valence-corrected chi connectivity index (χ3v) is 6.07. The summed E-state index contributed by atoms with van der Waals surface area (Å²) in [6.07, 6.45) is 2.52. The summed E-state index contributed by atoms with van der Waals surface area (Å²) in [7, 11) is 0. The van der Waals surface area contributed by atoms with Crippen molar-refractivity contribution in [3.05, 3.63) is 58.3 Å². The zero-order valence-electron chi connectivity index (χ0n) is 15.2. The van der Waals surface area contributed by atoms with E-state index in [1.165, 1.54) is 4.88 Å². The van der Waals surface area contributed by atoms with Crippen molar-refractivity contribution in [2.75, 3.05) is 19.6 Å². The van der Waals surface area contributed by atoms with Crippen molar-refractivity contribution in [1.82, 2.24) is 10.2 Å². The van der Waals surface area contributed by atoms with Crippen LogP contribution in [-0.4, -0.2) is 42.3 Å². The van der Waals surface area contributed by atoms with Crippen LogP contribution in [0, 0.1) is 5.92 Å². The molecule has 3 rings (SSSR count). The Labute approximate surface area is 159 Å². The summed E-state index contributed by atoms with van der Waals surface area (Å²) < 4.78 is 0. The van der Waals surface area contributed by atoms with E-state index in [4.69, 9.17) is 0 Å². The minimum atomic E-state index is -0.147. The highest BCUT2D eigenvalue weighted by molar-refractivity contribution is 7.09. The van der Waals surface area contributed by atoms with Crippen LogP contribution in [0.3, 0.4) is 0 Å². The molecule has 1 aliphatic rings. The van der Waals surface area contributed by atoms with E-state index in [9.17, 15) is 9.59 Å². The van der Waals surface area contributed by atoms with Gasteiger partial charge in [0.2, 0.25) is 5.91 Å². The fourth-order valence-electron chi connectivity index (χ4n) is 3.46. The molecule has 1 unspecified atom stereocenters. The van der Waals surface area contributed by atoms with Gasteiger partial charge in [-0.15, -0.1) is 11.3 Å². The number of likely N-dealkylation sites (tertiary alicyclic amines) is 1. The van der Waals surface area contributed by atoms with Gasteiger partial charge in [0.1, 0.15) is 0 Å². The van der Waals surface area contributed by atoms with E-state index in [2.05, 4.69) is 21.7 Å². The van der Waals surface area contributed by atoms with Gasteiger partial charge in [-0.05, 0) is 50.7 Å². The smallest absolute Gasteiger partial charge is 0.237 e. The predicted molar refractivity (Wildman–Crippen MR) is 106 cm³/mol. The van der Waals surface area contributed by atoms with Crippen molar-refractivity contribution in [2.24, 2.45) is 5.92 Å². The average molecular weight is 371 g/mol. The normalized spacial score (nSPS) is 17.0. The summed E-state index contributed by atoms with van der Waals surface area (Å²) in [5, 5.41) is 5.09. The summed E-state index contributed by atoms with van der Waals surface area (Å²) in [6.45, 7) is 4.22. The molecule has 1 amide bonds. The summed E-state index contributed by atoms with van der Waals surface area (Å²) >= 11 is 1.72. The third-order valence-electron chi connectivity index (χ3n) is 5.14. The Balaban J connectivity index is 1.43. The number of Topliss-reactive ketones (excluding diaryl/α,β-unsaturated/α-hetero) is 1. The van der Waals surface area contributed by atoms with Crippen LogP contribution >= 0.6 is 11.3 Å². The Morgan fingerprint density at radius 2 is 1.88 bits per heavy atom. The van der Waals surface area contributed by atoms with Gasteiger partial charge in [-0.2, -0.15) is 0 Å². The summed E-state index contributed by atoms with van der Waals surface area (Å²) in [6, 6.07) is 13.5. The van der Waals surface area contributed by atoms with E-state index in [0.717, 1.165) is 37.9 Å². The molecule has 1 N–H and O–H groups in total. The highest BCUT2D eigenvalue weighted by Crippen LogP contribution is 2.23. The lowest BCUT2D eigenvalue weighted by atomic mass is 9.88. The SMILES string of the molecule is CC(C(=O)NCCc1cccs1)N1CCC(C(=O)c2ccccc2)CC1. The molecule has 26 heavy (non-hydrogen) atoms. The molecule has 0 radical (unpaired) electrons. The first kappa shape index (κ1) is 18.8. The van der Waals surface area contributed by atoms with E-state index in [1.807, 2.05) is 43.3 Å². The molecule has 4 nitrogen and oxygen atoms in total. The number of rotatable bonds is 7. The first-order valence-corrected chi connectivity index (χ1v) is 10.2. The molecular weight excluding hydrogens is 344 g/mol. The zero-order chi connectivity index (χ0) is 18.4. The first-order valence-electron chi connectivity index (χ1n) is 9.28. The molecule has 138 valence electrons. The summed E-state index contributed by atoms with van der Waals surface area (Å²) in [5.74, 6) is 0.385. The maximum atomic E-state index is 12.6. The Bertz CT molecular complexity index is 707. The maximum absolute atomic E-state index is 12.6. The number of benzene rings is 1. The van der Waals surface area contributed by atoms with Gasteiger partial charge in [0.05, 0.1) is 6.04 Å². The Morgan fingerprint density at radius 3 is 2.54 bits per heavy atom. The van der Waals surface area contributed by atoms with E-state index >= 15 is 0 Å². The molecule has 5 heteroatoms. The van der Waals surface area contributed by atoms with Crippen LogP contribution in [0.25, 0.3) is 0 Å². The van der Waals surface area contributed by atoms with Gasteiger partial charge in [0.25, 0.3) is 0 Å². The number of nitrogens with zero attached hydrogens (tertiary/aromatic N) is 1.